The second-order valence-electron chi connectivity index (χ2n) is 5.06. The number of hydrogen-bond donors (Lipinski definition) is 1. The number of carboxylic acid groups (broad SMARTS) is 1. The van der Waals surface area contributed by atoms with Crippen LogP contribution in [0.5, 0.6) is 0 Å². The zero-order valence-electron chi connectivity index (χ0n) is 10.9. The van der Waals surface area contributed by atoms with Crippen LogP contribution in [-0.2, 0) is 11.2 Å². The predicted molar refractivity (Wildman–Crippen MR) is 75.7 cm³/mol. The van der Waals surface area contributed by atoms with Crippen LogP contribution >= 0.6 is 11.3 Å². The van der Waals surface area contributed by atoms with Crippen LogP contribution in [0.1, 0.15) is 34.0 Å². The fraction of sp³-hybridized carbons (Fsp3) is 0.333. The first-order valence-electron chi connectivity index (χ1n) is 6.36. The Balaban J connectivity index is 2.02. The molecule has 0 fully saturated rings. The Morgan fingerprint density at radius 1 is 1.37 bits per heavy atom. The molecule has 0 saturated carbocycles. The monoisotopic (exact) mass is 273 g/mol. The van der Waals surface area contributed by atoms with E-state index in [0.29, 0.717) is 6.42 Å². The average molecular weight is 273 g/mol. The van der Waals surface area contributed by atoms with Crippen molar-refractivity contribution in [1.82, 2.24) is 4.98 Å². The molecule has 1 unspecified atom stereocenters. The standard InChI is InChI=1S/C15H15NO2S/c1-8-3-4-10(7-9(8)2)14-16-13-11(15(17)18)5-6-12(13)19-14/h3-4,7,11H,5-6H2,1-2H3,(H,17,18). The van der Waals surface area contributed by atoms with E-state index in [-0.39, 0.29) is 0 Å². The molecule has 1 heterocycles. The van der Waals surface area contributed by atoms with E-state index in [2.05, 4.69) is 37.0 Å². The van der Waals surface area contributed by atoms with Crippen LogP contribution in [0.3, 0.4) is 0 Å². The van der Waals surface area contributed by atoms with Crippen molar-refractivity contribution in [1.29, 1.82) is 0 Å². The molecule has 0 radical (unpaired) electrons. The number of hydrogen-bond acceptors (Lipinski definition) is 3. The highest BCUT2D eigenvalue weighted by atomic mass is 32.1. The number of nitrogens with zero attached hydrogens (tertiary/aromatic N) is 1. The molecule has 0 bridgehead atoms. The minimum Gasteiger partial charge on any atom is -0.481 e. The number of carboxylic acids is 1. The maximum Gasteiger partial charge on any atom is 0.312 e. The fourth-order valence-corrected chi connectivity index (χ4v) is 3.60. The smallest absolute Gasteiger partial charge is 0.312 e. The molecule has 1 N–H and O–H groups in total. The van der Waals surface area contributed by atoms with Gasteiger partial charge in [0.2, 0.25) is 0 Å². The van der Waals surface area contributed by atoms with Crippen LogP contribution in [0.2, 0.25) is 0 Å². The van der Waals surface area contributed by atoms with Crippen LogP contribution < -0.4 is 0 Å². The quantitative estimate of drug-likeness (QED) is 0.910. The van der Waals surface area contributed by atoms with Gasteiger partial charge in [0, 0.05) is 10.4 Å². The molecule has 2 aromatic rings. The third-order valence-corrected chi connectivity index (χ3v) is 4.95. The first-order chi connectivity index (χ1) is 9.06. The molecule has 4 heteroatoms. The SMILES string of the molecule is Cc1ccc(-c2nc3c(s2)CCC3C(=O)O)cc1C. The van der Waals surface area contributed by atoms with Crippen LogP contribution in [-0.4, -0.2) is 16.1 Å². The molecule has 0 spiro atoms. The molecule has 0 saturated heterocycles. The van der Waals surface area contributed by atoms with Crippen molar-refractivity contribution in [2.45, 2.75) is 32.6 Å². The molecular weight excluding hydrogens is 258 g/mol. The van der Waals surface area contributed by atoms with Gasteiger partial charge >= 0.3 is 5.97 Å². The number of benzene rings is 1. The Bertz CT molecular complexity index is 660. The van der Waals surface area contributed by atoms with Gasteiger partial charge in [0.05, 0.1) is 5.69 Å². The summed E-state index contributed by atoms with van der Waals surface area (Å²) in [6.45, 7) is 4.17. The number of aliphatic carboxylic acids is 1. The second kappa shape index (κ2) is 4.46. The van der Waals surface area contributed by atoms with E-state index in [1.807, 2.05) is 0 Å². The Hall–Kier alpha value is -1.68. The van der Waals surface area contributed by atoms with E-state index in [1.54, 1.807) is 11.3 Å². The van der Waals surface area contributed by atoms with Gasteiger partial charge in [0.15, 0.2) is 0 Å². The third-order valence-electron chi connectivity index (χ3n) is 3.77. The summed E-state index contributed by atoms with van der Waals surface area (Å²) in [5.74, 6) is -1.16. The molecular formula is C15H15NO2S. The first-order valence-corrected chi connectivity index (χ1v) is 7.18. The van der Waals surface area contributed by atoms with Crippen molar-refractivity contribution in [2.24, 2.45) is 0 Å². The van der Waals surface area contributed by atoms with Gasteiger partial charge in [0.25, 0.3) is 0 Å². The Labute approximate surface area is 115 Å². The number of carbonyl (C=O) groups is 1. The van der Waals surface area contributed by atoms with Crippen molar-refractivity contribution >= 4 is 17.3 Å². The maximum atomic E-state index is 11.2. The molecule has 1 atom stereocenters. The topological polar surface area (TPSA) is 50.2 Å². The highest BCUT2D eigenvalue weighted by Crippen LogP contribution is 2.39. The normalized spacial score (nSPS) is 17.5. The van der Waals surface area contributed by atoms with Gasteiger partial charge in [-0.2, -0.15) is 0 Å². The first kappa shape index (κ1) is 12.4. The predicted octanol–water partition coefficient (Wildman–Crippen LogP) is 3.54. The van der Waals surface area contributed by atoms with E-state index >= 15 is 0 Å². The molecule has 3 rings (SSSR count). The number of rotatable bonds is 2. The Morgan fingerprint density at radius 3 is 2.84 bits per heavy atom. The summed E-state index contributed by atoms with van der Waals surface area (Å²) in [5, 5.41) is 10.1. The van der Waals surface area contributed by atoms with Gasteiger partial charge in [-0.3, -0.25) is 4.79 Å². The van der Waals surface area contributed by atoms with E-state index in [9.17, 15) is 9.90 Å². The largest absolute Gasteiger partial charge is 0.481 e. The van der Waals surface area contributed by atoms with Gasteiger partial charge in [-0.15, -0.1) is 11.3 Å². The molecule has 1 aliphatic carbocycles. The summed E-state index contributed by atoms with van der Waals surface area (Å²) in [6, 6.07) is 6.27. The molecule has 98 valence electrons. The second-order valence-corrected chi connectivity index (χ2v) is 6.14. The maximum absolute atomic E-state index is 11.2. The van der Waals surface area contributed by atoms with Crippen LogP contribution in [0, 0.1) is 13.8 Å². The summed E-state index contributed by atoms with van der Waals surface area (Å²) in [6.07, 6.45) is 1.53. The van der Waals surface area contributed by atoms with Crippen LogP contribution in [0.4, 0.5) is 0 Å². The summed E-state index contributed by atoms with van der Waals surface area (Å²) in [7, 11) is 0. The molecule has 1 aromatic carbocycles. The van der Waals surface area contributed by atoms with Crippen molar-refractivity contribution in [3.63, 3.8) is 0 Å². The lowest BCUT2D eigenvalue weighted by molar-refractivity contribution is -0.138. The lowest BCUT2D eigenvalue weighted by Gasteiger charge is -2.04. The summed E-state index contributed by atoms with van der Waals surface area (Å²) >= 11 is 1.64. The van der Waals surface area contributed by atoms with Gasteiger partial charge in [0.1, 0.15) is 10.9 Å². The summed E-state index contributed by atoms with van der Waals surface area (Å²) in [5.41, 5.74) is 4.37. The minimum atomic E-state index is -0.754. The lowest BCUT2D eigenvalue weighted by Crippen LogP contribution is -2.08. The fourth-order valence-electron chi connectivity index (χ4n) is 2.47. The van der Waals surface area contributed by atoms with Crippen molar-refractivity contribution in [2.75, 3.05) is 0 Å². The third kappa shape index (κ3) is 2.06. The van der Waals surface area contributed by atoms with E-state index < -0.39 is 11.9 Å². The Morgan fingerprint density at radius 2 is 2.16 bits per heavy atom. The lowest BCUT2D eigenvalue weighted by atomic mass is 10.1. The molecule has 3 nitrogen and oxygen atoms in total. The summed E-state index contributed by atoms with van der Waals surface area (Å²) < 4.78 is 0. The van der Waals surface area contributed by atoms with Crippen molar-refractivity contribution in [3.8, 4) is 10.6 Å². The van der Waals surface area contributed by atoms with Gasteiger partial charge < -0.3 is 5.11 Å². The van der Waals surface area contributed by atoms with Crippen LogP contribution in [0.25, 0.3) is 10.6 Å². The summed E-state index contributed by atoms with van der Waals surface area (Å²) in [4.78, 5) is 16.9. The number of thiazole rings is 1. The van der Waals surface area contributed by atoms with E-state index in [0.717, 1.165) is 27.6 Å². The van der Waals surface area contributed by atoms with Crippen molar-refractivity contribution < 1.29 is 9.90 Å². The Kier molecular flexibility index (Phi) is 2.90. The molecule has 0 aliphatic heterocycles. The van der Waals surface area contributed by atoms with Crippen LogP contribution in [0.15, 0.2) is 18.2 Å². The van der Waals surface area contributed by atoms with Gasteiger partial charge in [-0.25, -0.2) is 4.98 Å². The van der Waals surface area contributed by atoms with Gasteiger partial charge in [-0.05, 0) is 43.9 Å². The number of aromatic nitrogens is 1. The average Bonchev–Trinajstić information content (AvgIpc) is 2.91. The molecule has 0 amide bonds. The number of aryl methyl sites for hydroxylation is 3. The molecule has 1 aliphatic rings. The van der Waals surface area contributed by atoms with E-state index in [4.69, 9.17) is 0 Å². The minimum absolute atomic E-state index is 0.411. The van der Waals surface area contributed by atoms with Crippen molar-refractivity contribution in [3.05, 3.63) is 39.9 Å². The zero-order valence-corrected chi connectivity index (χ0v) is 11.8. The number of fused-ring (bicyclic) bond motifs is 1. The highest BCUT2D eigenvalue weighted by molar-refractivity contribution is 7.15. The highest BCUT2D eigenvalue weighted by Gasteiger charge is 2.32. The molecule has 1 aromatic heterocycles. The van der Waals surface area contributed by atoms with Gasteiger partial charge in [-0.1, -0.05) is 12.1 Å². The zero-order chi connectivity index (χ0) is 13.6. The van der Waals surface area contributed by atoms with E-state index in [1.165, 1.54) is 11.1 Å². The molecule has 19 heavy (non-hydrogen) atoms.